The second-order valence-electron chi connectivity index (χ2n) is 4.49. The number of rotatable bonds is 5. The maximum absolute atomic E-state index is 12.4. The highest BCUT2D eigenvalue weighted by atomic mass is 32.1. The number of alkyl halides is 2. The number of nitrogens with one attached hydrogen (secondary N) is 1. The standard InChI is InChI=1S/C13H10F2N6OS/c14-10(15)12-19-20-13(23-12)18-11(22)9-3-1-8(2-4-9)5-21-7-16-6-17-21/h1-4,6-7,10H,5H2,(H,18,20,22). The second kappa shape index (κ2) is 6.57. The van der Waals surface area contributed by atoms with E-state index in [2.05, 4.69) is 25.6 Å². The minimum Gasteiger partial charge on any atom is -0.296 e. The van der Waals surface area contributed by atoms with E-state index >= 15 is 0 Å². The van der Waals surface area contributed by atoms with Crippen molar-refractivity contribution in [2.24, 2.45) is 0 Å². The Labute approximate surface area is 133 Å². The molecule has 10 heteroatoms. The maximum atomic E-state index is 12.4. The Morgan fingerprint density at radius 2 is 2.04 bits per heavy atom. The van der Waals surface area contributed by atoms with Crippen molar-refractivity contribution in [3.8, 4) is 0 Å². The first kappa shape index (κ1) is 15.2. The highest BCUT2D eigenvalue weighted by Crippen LogP contribution is 2.25. The Hall–Kier alpha value is -2.75. The number of hydrogen-bond donors (Lipinski definition) is 1. The van der Waals surface area contributed by atoms with E-state index in [-0.39, 0.29) is 5.13 Å². The summed E-state index contributed by atoms with van der Waals surface area (Å²) < 4.78 is 26.5. The SMILES string of the molecule is O=C(Nc1nnc(C(F)F)s1)c1ccc(Cn2cncn2)cc1. The van der Waals surface area contributed by atoms with Crippen molar-refractivity contribution in [2.75, 3.05) is 5.32 Å². The Kier molecular flexibility index (Phi) is 4.33. The molecule has 3 aromatic rings. The summed E-state index contributed by atoms with van der Waals surface area (Å²) in [5.41, 5.74) is 1.34. The number of carbonyl (C=O) groups excluding carboxylic acids is 1. The van der Waals surface area contributed by atoms with E-state index < -0.39 is 17.3 Å². The van der Waals surface area contributed by atoms with Crippen LogP contribution in [0.2, 0.25) is 0 Å². The van der Waals surface area contributed by atoms with Crippen LogP contribution >= 0.6 is 11.3 Å². The van der Waals surface area contributed by atoms with Crippen LogP contribution in [0.1, 0.15) is 27.4 Å². The summed E-state index contributed by atoms with van der Waals surface area (Å²) >= 11 is 0.647. The molecule has 0 aliphatic carbocycles. The van der Waals surface area contributed by atoms with Gasteiger partial charge < -0.3 is 0 Å². The molecule has 1 N–H and O–H groups in total. The molecule has 1 aromatic carbocycles. The fraction of sp³-hybridized carbons (Fsp3) is 0.154. The molecule has 0 aliphatic heterocycles. The van der Waals surface area contributed by atoms with Crippen LogP contribution in [0.5, 0.6) is 0 Å². The van der Waals surface area contributed by atoms with Crippen LogP contribution < -0.4 is 5.32 Å². The summed E-state index contributed by atoms with van der Waals surface area (Å²) in [5, 5.41) is 12.9. The van der Waals surface area contributed by atoms with Crippen LogP contribution in [0.15, 0.2) is 36.9 Å². The zero-order chi connectivity index (χ0) is 16.2. The molecule has 0 bridgehead atoms. The molecule has 0 spiro atoms. The first-order chi connectivity index (χ1) is 11.1. The molecule has 0 aliphatic rings. The van der Waals surface area contributed by atoms with Crippen LogP contribution in [0.4, 0.5) is 13.9 Å². The first-order valence-electron chi connectivity index (χ1n) is 6.46. The van der Waals surface area contributed by atoms with Crippen LogP contribution in [0.25, 0.3) is 0 Å². The summed E-state index contributed by atoms with van der Waals surface area (Å²) in [6.45, 7) is 0.538. The van der Waals surface area contributed by atoms with Crippen molar-refractivity contribution in [1.82, 2.24) is 25.0 Å². The van der Waals surface area contributed by atoms with Gasteiger partial charge in [0.2, 0.25) is 5.13 Å². The van der Waals surface area contributed by atoms with Crippen LogP contribution in [-0.2, 0) is 6.54 Å². The Balaban J connectivity index is 1.65. The quantitative estimate of drug-likeness (QED) is 0.773. The largest absolute Gasteiger partial charge is 0.296 e. The summed E-state index contributed by atoms with van der Waals surface area (Å²) in [7, 11) is 0. The first-order valence-corrected chi connectivity index (χ1v) is 7.28. The summed E-state index contributed by atoms with van der Waals surface area (Å²) in [5.74, 6) is -0.436. The zero-order valence-corrected chi connectivity index (χ0v) is 12.4. The predicted octanol–water partition coefficient (Wildman–Crippen LogP) is 2.37. The molecule has 0 atom stereocenters. The van der Waals surface area contributed by atoms with Crippen LogP contribution in [-0.4, -0.2) is 30.9 Å². The van der Waals surface area contributed by atoms with E-state index in [1.165, 1.54) is 6.33 Å². The molecule has 0 fully saturated rings. The fourth-order valence-corrected chi connectivity index (χ4v) is 2.40. The van der Waals surface area contributed by atoms with Gasteiger partial charge in [-0.05, 0) is 17.7 Å². The van der Waals surface area contributed by atoms with E-state index in [1.807, 2.05) is 0 Å². The molecular weight excluding hydrogens is 326 g/mol. The molecule has 23 heavy (non-hydrogen) atoms. The van der Waals surface area contributed by atoms with Gasteiger partial charge in [0.1, 0.15) is 12.7 Å². The van der Waals surface area contributed by atoms with Crippen molar-refractivity contribution < 1.29 is 13.6 Å². The molecule has 0 saturated heterocycles. The lowest BCUT2D eigenvalue weighted by molar-refractivity contribution is 0.102. The van der Waals surface area contributed by atoms with Gasteiger partial charge >= 0.3 is 0 Å². The Morgan fingerprint density at radius 3 is 2.65 bits per heavy atom. The van der Waals surface area contributed by atoms with E-state index in [1.54, 1.807) is 35.3 Å². The smallest absolute Gasteiger partial charge is 0.291 e. The van der Waals surface area contributed by atoms with Crippen LogP contribution in [0, 0.1) is 0 Å². The number of carbonyl (C=O) groups is 1. The molecule has 7 nitrogen and oxygen atoms in total. The minimum atomic E-state index is -2.70. The second-order valence-corrected chi connectivity index (χ2v) is 5.50. The summed E-state index contributed by atoms with van der Waals surface area (Å²) in [6, 6.07) is 6.83. The van der Waals surface area contributed by atoms with Crippen LogP contribution in [0.3, 0.4) is 0 Å². The van der Waals surface area contributed by atoms with E-state index in [4.69, 9.17) is 0 Å². The average molecular weight is 336 g/mol. The molecular formula is C13H10F2N6OS. The number of amides is 1. The number of aromatic nitrogens is 5. The lowest BCUT2D eigenvalue weighted by Gasteiger charge is -2.04. The van der Waals surface area contributed by atoms with E-state index in [0.29, 0.717) is 23.4 Å². The number of hydrogen-bond acceptors (Lipinski definition) is 6. The van der Waals surface area contributed by atoms with Crippen molar-refractivity contribution >= 4 is 22.4 Å². The molecule has 0 radical (unpaired) electrons. The van der Waals surface area contributed by atoms with Crippen molar-refractivity contribution in [2.45, 2.75) is 13.0 Å². The molecule has 0 unspecified atom stereocenters. The fourth-order valence-electron chi connectivity index (χ4n) is 1.81. The predicted molar refractivity (Wildman–Crippen MR) is 78.4 cm³/mol. The van der Waals surface area contributed by atoms with Gasteiger partial charge in [0.25, 0.3) is 12.3 Å². The Bertz CT molecular complexity index is 787. The van der Waals surface area contributed by atoms with Gasteiger partial charge in [-0.15, -0.1) is 10.2 Å². The zero-order valence-electron chi connectivity index (χ0n) is 11.6. The molecule has 118 valence electrons. The van der Waals surface area contributed by atoms with Crippen molar-refractivity contribution in [1.29, 1.82) is 0 Å². The molecule has 2 heterocycles. The highest BCUT2D eigenvalue weighted by Gasteiger charge is 2.15. The van der Waals surface area contributed by atoms with Gasteiger partial charge in [0.15, 0.2) is 5.01 Å². The van der Waals surface area contributed by atoms with E-state index in [0.717, 1.165) is 5.56 Å². The third-order valence-corrected chi connectivity index (χ3v) is 3.72. The molecule has 2 aromatic heterocycles. The monoisotopic (exact) mass is 336 g/mol. The van der Waals surface area contributed by atoms with Crippen molar-refractivity contribution in [3.63, 3.8) is 0 Å². The molecule has 1 amide bonds. The lowest BCUT2D eigenvalue weighted by atomic mass is 10.1. The average Bonchev–Trinajstić information content (AvgIpc) is 3.19. The number of anilines is 1. The van der Waals surface area contributed by atoms with Gasteiger partial charge in [-0.3, -0.25) is 10.1 Å². The number of nitrogens with zero attached hydrogens (tertiary/aromatic N) is 5. The molecule has 0 saturated carbocycles. The minimum absolute atomic E-state index is 0.0389. The van der Waals surface area contributed by atoms with Gasteiger partial charge in [-0.2, -0.15) is 5.10 Å². The summed E-state index contributed by atoms with van der Waals surface area (Å²) in [6.07, 6.45) is 0.336. The maximum Gasteiger partial charge on any atom is 0.291 e. The normalized spacial score (nSPS) is 10.9. The van der Waals surface area contributed by atoms with Gasteiger partial charge in [-0.1, -0.05) is 23.5 Å². The number of halogens is 2. The topological polar surface area (TPSA) is 85.6 Å². The highest BCUT2D eigenvalue weighted by molar-refractivity contribution is 7.15. The van der Waals surface area contributed by atoms with E-state index in [9.17, 15) is 13.6 Å². The summed E-state index contributed by atoms with van der Waals surface area (Å²) in [4.78, 5) is 15.9. The third kappa shape index (κ3) is 3.72. The van der Waals surface area contributed by atoms with Gasteiger partial charge in [0.05, 0.1) is 6.54 Å². The number of benzene rings is 1. The van der Waals surface area contributed by atoms with Crippen molar-refractivity contribution in [3.05, 3.63) is 53.1 Å². The van der Waals surface area contributed by atoms with Gasteiger partial charge in [-0.25, -0.2) is 18.4 Å². The molecule has 3 rings (SSSR count). The third-order valence-electron chi connectivity index (χ3n) is 2.88. The lowest BCUT2D eigenvalue weighted by Crippen LogP contribution is -2.11. The Morgan fingerprint density at radius 1 is 1.26 bits per heavy atom. The van der Waals surface area contributed by atoms with Gasteiger partial charge in [0, 0.05) is 5.56 Å².